The van der Waals surface area contributed by atoms with Gasteiger partial charge in [0.25, 0.3) is 0 Å². The molecule has 6 heteroatoms. The van der Waals surface area contributed by atoms with Gasteiger partial charge in [0.15, 0.2) is 0 Å². The molecule has 1 rings (SSSR count). The van der Waals surface area contributed by atoms with E-state index in [1.807, 2.05) is 25.9 Å². The molecule has 1 amide bonds. The largest absolute Gasteiger partial charge is 0.350 e. The number of anilines is 1. The average molecular weight is 239 g/mol. The first-order chi connectivity index (χ1) is 7.88. The molecule has 0 fully saturated rings. The quantitative estimate of drug-likeness (QED) is 0.784. The Hall–Kier alpha value is -1.56. The predicted molar refractivity (Wildman–Crippen MR) is 67.8 cm³/mol. The van der Waals surface area contributed by atoms with E-state index in [-0.39, 0.29) is 5.91 Å². The second kappa shape index (κ2) is 5.18. The van der Waals surface area contributed by atoms with Gasteiger partial charge in [0, 0.05) is 40.3 Å². The fraction of sp³-hybridized carbons (Fsp3) is 0.636. The van der Waals surface area contributed by atoms with Gasteiger partial charge >= 0.3 is 0 Å². The van der Waals surface area contributed by atoms with Crippen molar-refractivity contribution in [2.75, 3.05) is 32.6 Å². The van der Waals surface area contributed by atoms with E-state index in [9.17, 15) is 4.79 Å². The zero-order valence-corrected chi connectivity index (χ0v) is 11.2. The molecule has 0 saturated heterocycles. The molecule has 1 heterocycles. The minimum absolute atomic E-state index is 0.0503. The van der Waals surface area contributed by atoms with Crippen LogP contribution in [0.25, 0.3) is 0 Å². The number of carbonyl (C=O) groups excluding carboxylic acids is 1. The highest BCUT2D eigenvalue weighted by molar-refractivity contribution is 5.80. The lowest BCUT2D eigenvalue weighted by molar-refractivity contribution is -0.127. The standard InChI is InChI=1S/C11H21N5O/c1-8-9(6-12)11(16(5)13-8)15(4)7-10(17)14(2)3/h6-7,12H2,1-5H3. The second-order valence-electron chi connectivity index (χ2n) is 4.36. The summed E-state index contributed by atoms with van der Waals surface area (Å²) in [5, 5.41) is 4.33. The van der Waals surface area contributed by atoms with Crippen molar-refractivity contribution in [3.63, 3.8) is 0 Å². The van der Waals surface area contributed by atoms with Crippen LogP contribution in [0.4, 0.5) is 5.82 Å². The number of aromatic nitrogens is 2. The maximum Gasteiger partial charge on any atom is 0.241 e. The van der Waals surface area contributed by atoms with Gasteiger partial charge in [-0.05, 0) is 6.92 Å². The summed E-state index contributed by atoms with van der Waals surface area (Å²) in [7, 11) is 7.22. The van der Waals surface area contributed by atoms with Crippen molar-refractivity contribution < 1.29 is 4.79 Å². The van der Waals surface area contributed by atoms with E-state index in [1.165, 1.54) is 0 Å². The molecule has 0 saturated carbocycles. The monoisotopic (exact) mass is 239 g/mol. The van der Waals surface area contributed by atoms with Gasteiger partial charge in [0.1, 0.15) is 5.82 Å². The normalized spacial score (nSPS) is 10.5. The third kappa shape index (κ3) is 2.76. The summed E-state index contributed by atoms with van der Waals surface area (Å²) in [6, 6.07) is 0. The van der Waals surface area contributed by atoms with Gasteiger partial charge < -0.3 is 15.5 Å². The summed E-state index contributed by atoms with van der Waals surface area (Å²) < 4.78 is 1.76. The Bertz CT molecular complexity index is 410. The topological polar surface area (TPSA) is 67.4 Å². The molecule has 0 bridgehead atoms. The summed E-state index contributed by atoms with van der Waals surface area (Å²) in [5.74, 6) is 0.953. The van der Waals surface area contributed by atoms with Gasteiger partial charge in [0.2, 0.25) is 5.91 Å². The fourth-order valence-electron chi connectivity index (χ4n) is 1.83. The third-order valence-electron chi connectivity index (χ3n) is 2.75. The molecule has 0 unspecified atom stereocenters. The van der Waals surface area contributed by atoms with Crippen molar-refractivity contribution in [2.24, 2.45) is 12.8 Å². The van der Waals surface area contributed by atoms with Crippen LogP contribution in [-0.4, -0.2) is 48.3 Å². The molecule has 6 nitrogen and oxygen atoms in total. The number of rotatable bonds is 4. The molecule has 0 radical (unpaired) electrons. The van der Waals surface area contributed by atoms with Gasteiger partial charge in [-0.3, -0.25) is 9.48 Å². The molecule has 0 aliphatic heterocycles. The maximum absolute atomic E-state index is 11.7. The van der Waals surface area contributed by atoms with E-state index in [2.05, 4.69) is 5.10 Å². The molecule has 0 aliphatic carbocycles. The first-order valence-electron chi connectivity index (χ1n) is 5.52. The molecular formula is C11H21N5O. The van der Waals surface area contributed by atoms with E-state index in [4.69, 9.17) is 5.73 Å². The number of nitrogens with zero attached hydrogens (tertiary/aromatic N) is 4. The van der Waals surface area contributed by atoms with Crippen molar-refractivity contribution in [2.45, 2.75) is 13.5 Å². The first-order valence-corrected chi connectivity index (χ1v) is 5.52. The smallest absolute Gasteiger partial charge is 0.241 e. The number of hydrogen-bond acceptors (Lipinski definition) is 4. The summed E-state index contributed by atoms with van der Waals surface area (Å²) >= 11 is 0. The van der Waals surface area contributed by atoms with E-state index >= 15 is 0 Å². The highest BCUT2D eigenvalue weighted by atomic mass is 16.2. The van der Waals surface area contributed by atoms with E-state index in [1.54, 1.807) is 23.7 Å². The van der Waals surface area contributed by atoms with Crippen molar-refractivity contribution in [3.8, 4) is 0 Å². The lowest BCUT2D eigenvalue weighted by Crippen LogP contribution is -2.35. The van der Waals surface area contributed by atoms with Crippen LogP contribution in [-0.2, 0) is 18.4 Å². The zero-order valence-electron chi connectivity index (χ0n) is 11.2. The number of carbonyl (C=O) groups is 1. The van der Waals surface area contributed by atoms with Crippen LogP contribution in [0.5, 0.6) is 0 Å². The minimum Gasteiger partial charge on any atom is -0.350 e. The molecule has 1 aromatic rings. The van der Waals surface area contributed by atoms with Gasteiger partial charge in [-0.25, -0.2) is 0 Å². The molecule has 2 N–H and O–H groups in total. The number of aryl methyl sites for hydroxylation is 2. The number of nitrogens with two attached hydrogens (primary N) is 1. The van der Waals surface area contributed by atoms with Crippen LogP contribution in [0, 0.1) is 6.92 Å². The Labute approximate surface area is 102 Å². The molecule has 17 heavy (non-hydrogen) atoms. The second-order valence-corrected chi connectivity index (χ2v) is 4.36. The Kier molecular flexibility index (Phi) is 4.11. The van der Waals surface area contributed by atoms with Crippen LogP contribution in [0.15, 0.2) is 0 Å². The van der Waals surface area contributed by atoms with Gasteiger partial charge in [-0.1, -0.05) is 0 Å². The van der Waals surface area contributed by atoms with Crippen LogP contribution < -0.4 is 10.6 Å². The molecule has 1 aromatic heterocycles. The minimum atomic E-state index is 0.0503. The van der Waals surface area contributed by atoms with Gasteiger partial charge in [-0.15, -0.1) is 0 Å². The summed E-state index contributed by atoms with van der Waals surface area (Å²) in [6.45, 7) is 2.67. The molecule has 96 valence electrons. The Balaban J connectivity index is 2.96. The fourth-order valence-corrected chi connectivity index (χ4v) is 1.83. The van der Waals surface area contributed by atoms with E-state index in [0.29, 0.717) is 13.1 Å². The van der Waals surface area contributed by atoms with Crippen LogP contribution in [0.3, 0.4) is 0 Å². The molecule has 0 spiro atoms. The lowest BCUT2D eigenvalue weighted by atomic mass is 10.2. The van der Waals surface area contributed by atoms with Crippen molar-refractivity contribution >= 4 is 11.7 Å². The molecule has 0 aliphatic rings. The Morgan fingerprint density at radius 3 is 2.47 bits per heavy atom. The summed E-state index contributed by atoms with van der Waals surface area (Å²) in [6.07, 6.45) is 0. The van der Waals surface area contributed by atoms with E-state index in [0.717, 1.165) is 17.1 Å². The first kappa shape index (κ1) is 13.5. The summed E-state index contributed by atoms with van der Waals surface area (Å²) in [5.41, 5.74) is 7.62. The predicted octanol–water partition coefficient (Wildman–Crippen LogP) is -0.288. The van der Waals surface area contributed by atoms with Crippen LogP contribution in [0.1, 0.15) is 11.3 Å². The highest BCUT2D eigenvalue weighted by Gasteiger charge is 2.18. The SMILES string of the molecule is Cc1nn(C)c(N(C)CC(=O)N(C)C)c1CN. The number of hydrogen-bond donors (Lipinski definition) is 1. The van der Waals surface area contributed by atoms with E-state index < -0.39 is 0 Å². The van der Waals surface area contributed by atoms with Gasteiger partial charge in [0.05, 0.1) is 12.2 Å². The molecular weight excluding hydrogens is 218 g/mol. The average Bonchev–Trinajstić information content (AvgIpc) is 2.52. The Morgan fingerprint density at radius 2 is 2.00 bits per heavy atom. The molecule has 0 atom stereocenters. The van der Waals surface area contributed by atoms with Crippen molar-refractivity contribution in [1.29, 1.82) is 0 Å². The van der Waals surface area contributed by atoms with Gasteiger partial charge in [-0.2, -0.15) is 5.10 Å². The zero-order chi connectivity index (χ0) is 13.2. The maximum atomic E-state index is 11.7. The lowest BCUT2D eigenvalue weighted by Gasteiger charge is -2.22. The summed E-state index contributed by atoms with van der Waals surface area (Å²) in [4.78, 5) is 15.1. The Morgan fingerprint density at radius 1 is 1.41 bits per heavy atom. The van der Waals surface area contributed by atoms with Crippen LogP contribution >= 0.6 is 0 Å². The van der Waals surface area contributed by atoms with Crippen molar-refractivity contribution in [3.05, 3.63) is 11.3 Å². The van der Waals surface area contributed by atoms with Crippen LogP contribution in [0.2, 0.25) is 0 Å². The number of amides is 1. The number of likely N-dealkylation sites (N-methyl/N-ethyl adjacent to an activating group) is 2. The highest BCUT2D eigenvalue weighted by Crippen LogP contribution is 2.21. The molecule has 0 aromatic carbocycles. The third-order valence-corrected chi connectivity index (χ3v) is 2.75. The van der Waals surface area contributed by atoms with Crippen molar-refractivity contribution in [1.82, 2.24) is 14.7 Å².